The number of rotatable bonds is 2. The number of phenolic OH excluding ortho intramolecular Hbond substituents is 1. The summed E-state index contributed by atoms with van der Waals surface area (Å²) in [7, 11) is 0. The van der Waals surface area contributed by atoms with Crippen molar-refractivity contribution in [2.75, 3.05) is 0 Å². The Morgan fingerprint density at radius 1 is 1.38 bits per heavy atom. The number of carbonyl (C=O) groups is 1. The Morgan fingerprint density at radius 2 is 2.00 bits per heavy atom. The van der Waals surface area contributed by atoms with Gasteiger partial charge in [0, 0.05) is 11.1 Å². The Kier molecular flexibility index (Phi) is 2.52. The standard InChI is InChI=1S/C11H12O2/c1-7(2)10-5-4-9(8(3)12)6-11(10)13/h4-6,13H,1H2,2-3H3. The zero-order valence-electron chi connectivity index (χ0n) is 7.79. The van der Waals surface area contributed by atoms with Crippen LogP contribution in [-0.2, 0) is 0 Å². The summed E-state index contributed by atoms with van der Waals surface area (Å²) in [6.45, 7) is 6.99. The van der Waals surface area contributed by atoms with Crippen molar-refractivity contribution in [3.05, 3.63) is 35.9 Å². The molecule has 0 aliphatic rings. The van der Waals surface area contributed by atoms with E-state index in [9.17, 15) is 9.90 Å². The Bertz CT molecular complexity index is 364. The zero-order valence-corrected chi connectivity index (χ0v) is 7.79. The summed E-state index contributed by atoms with van der Waals surface area (Å²) in [5.74, 6) is 0.0590. The minimum absolute atomic E-state index is 0.0523. The highest BCUT2D eigenvalue weighted by Gasteiger charge is 2.05. The molecule has 1 aromatic rings. The van der Waals surface area contributed by atoms with Crippen LogP contribution < -0.4 is 0 Å². The van der Waals surface area contributed by atoms with Gasteiger partial charge in [-0.05, 0) is 25.5 Å². The maximum absolute atomic E-state index is 10.9. The number of carbonyl (C=O) groups excluding carboxylic acids is 1. The predicted molar refractivity (Wildman–Crippen MR) is 52.8 cm³/mol. The van der Waals surface area contributed by atoms with Gasteiger partial charge in [-0.2, -0.15) is 0 Å². The highest BCUT2D eigenvalue weighted by Crippen LogP contribution is 2.24. The van der Waals surface area contributed by atoms with Crippen LogP contribution in [0.1, 0.15) is 29.8 Å². The molecule has 0 unspecified atom stereocenters. The van der Waals surface area contributed by atoms with Crippen LogP contribution in [0.3, 0.4) is 0 Å². The lowest BCUT2D eigenvalue weighted by Gasteiger charge is -2.04. The van der Waals surface area contributed by atoms with Crippen LogP contribution in [0.25, 0.3) is 5.57 Å². The first-order chi connectivity index (χ1) is 6.02. The SMILES string of the molecule is C=C(C)c1ccc(C(C)=O)cc1O. The Hall–Kier alpha value is -1.57. The first kappa shape index (κ1) is 9.52. The van der Waals surface area contributed by atoms with Crippen LogP contribution in [0.2, 0.25) is 0 Å². The van der Waals surface area contributed by atoms with Crippen molar-refractivity contribution < 1.29 is 9.90 Å². The molecule has 2 heteroatoms. The molecule has 0 saturated heterocycles. The van der Waals surface area contributed by atoms with E-state index in [0.29, 0.717) is 11.1 Å². The van der Waals surface area contributed by atoms with E-state index in [4.69, 9.17) is 0 Å². The van der Waals surface area contributed by atoms with Gasteiger partial charge in [-0.3, -0.25) is 4.79 Å². The minimum Gasteiger partial charge on any atom is -0.507 e. The molecule has 0 heterocycles. The van der Waals surface area contributed by atoms with E-state index in [1.165, 1.54) is 13.0 Å². The number of aromatic hydroxyl groups is 1. The molecule has 0 fully saturated rings. The topological polar surface area (TPSA) is 37.3 Å². The molecule has 0 amide bonds. The zero-order chi connectivity index (χ0) is 10.0. The van der Waals surface area contributed by atoms with Gasteiger partial charge in [-0.1, -0.05) is 18.7 Å². The number of hydrogen-bond acceptors (Lipinski definition) is 2. The molecule has 68 valence electrons. The fourth-order valence-electron chi connectivity index (χ4n) is 1.11. The average Bonchev–Trinajstić information content (AvgIpc) is 2.03. The molecule has 0 aliphatic heterocycles. The van der Waals surface area contributed by atoms with Gasteiger partial charge in [0.05, 0.1) is 0 Å². The van der Waals surface area contributed by atoms with Gasteiger partial charge in [0.25, 0.3) is 0 Å². The van der Waals surface area contributed by atoms with Gasteiger partial charge >= 0.3 is 0 Å². The van der Waals surface area contributed by atoms with E-state index in [-0.39, 0.29) is 11.5 Å². The number of phenols is 1. The summed E-state index contributed by atoms with van der Waals surface area (Å²) >= 11 is 0. The van der Waals surface area contributed by atoms with Crippen LogP contribution >= 0.6 is 0 Å². The second-order valence-electron chi connectivity index (χ2n) is 3.07. The predicted octanol–water partition coefficient (Wildman–Crippen LogP) is 2.63. The first-order valence-corrected chi connectivity index (χ1v) is 4.02. The summed E-state index contributed by atoms with van der Waals surface area (Å²) in [6.07, 6.45) is 0. The van der Waals surface area contributed by atoms with E-state index in [2.05, 4.69) is 6.58 Å². The number of ketones is 1. The third-order valence-corrected chi connectivity index (χ3v) is 1.86. The number of allylic oxidation sites excluding steroid dienone is 1. The van der Waals surface area contributed by atoms with Crippen molar-refractivity contribution in [1.82, 2.24) is 0 Å². The summed E-state index contributed by atoms with van der Waals surface area (Å²) in [4.78, 5) is 10.9. The van der Waals surface area contributed by atoms with Crippen LogP contribution in [0.15, 0.2) is 24.8 Å². The molecule has 0 bridgehead atoms. The van der Waals surface area contributed by atoms with Crippen molar-refractivity contribution in [2.45, 2.75) is 13.8 Å². The van der Waals surface area contributed by atoms with Crippen molar-refractivity contribution in [2.24, 2.45) is 0 Å². The highest BCUT2D eigenvalue weighted by molar-refractivity contribution is 5.95. The van der Waals surface area contributed by atoms with Crippen molar-refractivity contribution >= 4 is 11.4 Å². The lowest BCUT2D eigenvalue weighted by molar-refractivity contribution is 0.101. The fraction of sp³-hybridized carbons (Fsp3) is 0.182. The van der Waals surface area contributed by atoms with Gasteiger partial charge in [0.1, 0.15) is 5.75 Å². The molecule has 2 nitrogen and oxygen atoms in total. The third kappa shape index (κ3) is 1.96. The second-order valence-corrected chi connectivity index (χ2v) is 3.07. The molecule has 1 rings (SSSR count). The smallest absolute Gasteiger partial charge is 0.159 e. The summed E-state index contributed by atoms with van der Waals surface area (Å²) in [5, 5.41) is 9.50. The average molecular weight is 176 g/mol. The molecule has 13 heavy (non-hydrogen) atoms. The van der Waals surface area contributed by atoms with Gasteiger partial charge in [-0.25, -0.2) is 0 Å². The lowest BCUT2D eigenvalue weighted by atomic mass is 10.0. The molecule has 0 aliphatic carbocycles. The van der Waals surface area contributed by atoms with E-state index >= 15 is 0 Å². The van der Waals surface area contributed by atoms with E-state index in [1.807, 2.05) is 6.92 Å². The van der Waals surface area contributed by atoms with Crippen LogP contribution in [0.4, 0.5) is 0 Å². The second kappa shape index (κ2) is 3.44. The van der Waals surface area contributed by atoms with Crippen molar-refractivity contribution in [1.29, 1.82) is 0 Å². The molecule has 0 atom stereocenters. The maximum atomic E-state index is 10.9. The number of benzene rings is 1. The fourth-order valence-corrected chi connectivity index (χ4v) is 1.11. The third-order valence-electron chi connectivity index (χ3n) is 1.86. The van der Waals surface area contributed by atoms with Gasteiger partial charge in [-0.15, -0.1) is 0 Å². The molecule has 0 spiro atoms. The van der Waals surface area contributed by atoms with E-state index in [0.717, 1.165) is 5.57 Å². The lowest BCUT2D eigenvalue weighted by Crippen LogP contribution is -1.92. The molecular formula is C11H12O2. The highest BCUT2D eigenvalue weighted by atomic mass is 16.3. The van der Waals surface area contributed by atoms with Gasteiger partial charge in [0.15, 0.2) is 5.78 Å². The summed E-state index contributed by atoms with van der Waals surface area (Å²) < 4.78 is 0. The quantitative estimate of drug-likeness (QED) is 0.703. The molecule has 0 radical (unpaired) electrons. The van der Waals surface area contributed by atoms with Crippen molar-refractivity contribution in [3.63, 3.8) is 0 Å². The largest absolute Gasteiger partial charge is 0.507 e. The number of Topliss-reactive ketones (excluding diaryl/α,β-unsaturated/α-hetero) is 1. The summed E-state index contributed by atoms with van der Waals surface area (Å²) in [6, 6.07) is 4.85. The molecule has 1 N–H and O–H groups in total. The Balaban J connectivity index is 3.20. The normalized spacial score (nSPS) is 9.69. The van der Waals surface area contributed by atoms with Crippen LogP contribution in [-0.4, -0.2) is 10.9 Å². The molecule has 0 saturated carbocycles. The van der Waals surface area contributed by atoms with E-state index < -0.39 is 0 Å². The summed E-state index contributed by atoms with van der Waals surface area (Å²) in [5.41, 5.74) is 1.99. The monoisotopic (exact) mass is 176 g/mol. The Morgan fingerprint density at radius 3 is 2.38 bits per heavy atom. The van der Waals surface area contributed by atoms with Crippen molar-refractivity contribution in [3.8, 4) is 5.75 Å². The van der Waals surface area contributed by atoms with E-state index in [1.54, 1.807) is 12.1 Å². The molecular weight excluding hydrogens is 164 g/mol. The van der Waals surface area contributed by atoms with Crippen LogP contribution in [0.5, 0.6) is 5.75 Å². The van der Waals surface area contributed by atoms with Crippen LogP contribution in [0, 0.1) is 0 Å². The minimum atomic E-state index is -0.0523. The molecule has 0 aromatic heterocycles. The molecule has 1 aromatic carbocycles. The van der Waals surface area contributed by atoms with Gasteiger partial charge in [0.2, 0.25) is 0 Å². The van der Waals surface area contributed by atoms with Gasteiger partial charge < -0.3 is 5.11 Å². The Labute approximate surface area is 77.5 Å². The number of hydrogen-bond donors (Lipinski definition) is 1. The maximum Gasteiger partial charge on any atom is 0.159 e. The first-order valence-electron chi connectivity index (χ1n) is 4.02.